The number of anilines is 2. The van der Waals surface area contributed by atoms with Crippen LogP contribution < -0.4 is 10.1 Å². The molecule has 6 nitrogen and oxygen atoms in total. The third-order valence-electron chi connectivity index (χ3n) is 2.65. The third kappa shape index (κ3) is 3.11. The third-order valence-corrected chi connectivity index (χ3v) is 3.14. The van der Waals surface area contributed by atoms with Gasteiger partial charge >= 0.3 is 6.36 Å². The molecule has 0 radical (unpaired) electrons. The number of H-pyrrole nitrogens is 1. The van der Waals surface area contributed by atoms with E-state index in [-0.39, 0.29) is 17.3 Å². The number of benzene rings is 1. The topological polar surface area (TPSA) is 75.7 Å². The maximum Gasteiger partial charge on any atom is 0.573 e. The van der Waals surface area contributed by atoms with Crippen LogP contribution in [-0.4, -0.2) is 26.3 Å². The number of hydrogen-bond donors (Lipinski definition) is 2. The molecule has 2 aromatic heterocycles. The van der Waals surface area contributed by atoms with Gasteiger partial charge in [-0.15, -0.1) is 13.2 Å². The molecule has 0 aliphatic carbocycles. The Morgan fingerprint density at radius 3 is 2.77 bits per heavy atom. The van der Waals surface area contributed by atoms with E-state index in [4.69, 9.17) is 0 Å². The minimum Gasteiger partial charge on any atom is -0.404 e. The molecule has 0 saturated heterocycles. The fourth-order valence-corrected chi connectivity index (χ4v) is 2.14. The van der Waals surface area contributed by atoms with Crippen molar-refractivity contribution in [2.75, 3.05) is 5.32 Å². The van der Waals surface area contributed by atoms with Crippen LogP contribution in [0.15, 0.2) is 35.3 Å². The molecule has 2 heterocycles. The number of hydrogen-bond acceptors (Lipinski definition) is 5. The summed E-state index contributed by atoms with van der Waals surface area (Å²) in [7, 11) is 0. The molecular weight excluding hydrogens is 367 g/mol. The van der Waals surface area contributed by atoms with E-state index in [9.17, 15) is 13.2 Å². The molecule has 0 aliphatic rings. The minimum absolute atomic E-state index is 0.107. The van der Waals surface area contributed by atoms with Gasteiger partial charge in [0.25, 0.3) is 0 Å². The Hall–Kier alpha value is -2.36. The molecule has 3 aromatic rings. The van der Waals surface area contributed by atoms with Crippen molar-refractivity contribution in [3.63, 3.8) is 0 Å². The van der Waals surface area contributed by atoms with E-state index in [1.807, 2.05) is 0 Å². The van der Waals surface area contributed by atoms with Gasteiger partial charge in [-0.05, 0) is 18.2 Å². The van der Waals surface area contributed by atoms with E-state index < -0.39 is 6.36 Å². The number of aromatic amines is 1. The fourth-order valence-electron chi connectivity index (χ4n) is 1.80. The normalized spacial score (nSPS) is 11.6. The van der Waals surface area contributed by atoms with Crippen LogP contribution in [0.1, 0.15) is 0 Å². The van der Waals surface area contributed by atoms with Gasteiger partial charge in [0, 0.05) is 4.47 Å². The summed E-state index contributed by atoms with van der Waals surface area (Å²) in [6.45, 7) is 0. The SMILES string of the molecule is FC(F)(F)Oc1cc(Br)ccc1Nc1ncnc2nc[nH]c12. The zero-order valence-electron chi connectivity index (χ0n) is 10.6. The summed E-state index contributed by atoms with van der Waals surface area (Å²) in [6, 6.07) is 4.23. The summed E-state index contributed by atoms with van der Waals surface area (Å²) in [6.07, 6.45) is -2.12. The molecule has 0 fully saturated rings. The van der Waals surface area contributed by atoms with Crippen LogP contribution in [0.3, 0.4) is 0 Å². The molecule has 114 valence electrons. The summed E-state index contributed by atoms with van der Waals surface area (Å²) in [5.41, 5.74) is 0.978. The largest absolute Gasteiger partial charge is 0.573 e. The molecule has 0 aliphatic heterocycles. The van der Waals surface area contributed by atoms with E-state index in [0.29, 0.717) is 15.6 Å². The highest BCUT2D eigenvalue weighted by molar-refractivity contribution is 9.10. The first-order valence-corrected chi connectivity index (χ1v) is 6.68. The zero-order valence-corrected chi connectivity index (χ0v) is 12.2. The Bertz CT molecular complexity index is 820. The van der Waals surface area contributed by atoms with Crippen LogP contribution in [-0.2, 0) is 0 Å². The molecule has 22 heavy (non-hydrogen) atoms. The van der Waals surface area contributed by atoms with Gasteiger partial charge in [-0.2, -0.15) is 0 Å². The summed E-state index contributed by atoms with van der Waals surface area (Å²) in [5.74, 6) is -0.0926. The van der Waals surface area contributed by atoms with Crippen molar-refractivity contribution in [2.45, 2.75) is 6.36 Å². The molecule has 0 saturated carbocycles. The lowest BCUT2D eigenvalue weighted by atomic mass is 10.3. The average molecular weight is 374 g/mol. The van der Waals surface area contributed by atoms with E-state index in [2.05, 4.69) is 45.9 Å². The van der Waals surface area contributed by atoms with Crippen molar-refractivity contribution in [3.8, 4) is 5.75 Å². The summed E-state index contributed by atoms with van der Waals surface area (Å²) < 4.78 is 41.9. The Morgan fingerprint density at radius 2 is 2.00 bits per heavy atom. The second-order valence-electron chi connectivity index (χ2n) is 4.14. The predicted molar refractivity (Wildman–Crippen MR) is 75.8 cm³/mol. The first-order valence-electron chi connectivity index (χ1n) is 5.89. The summed E-state index contributed by atoms with van der Waals surface area (Å²) >= 11 is 3.11. The number of rotatable bonds is 3. The molecule has 0 atom stereocenters. The van der Waals surface area contributed by atoms with Crippen molar-refractivity contribution in [3.05, 3.63) is 35.3 Å². The Morgan fingerprint density at radius 1 is 1.18 bits per heavy atom. The second kappa shape index (κ2) is 5.44. The highest BCUT2D eigenvalue weighted by Gasteiger charge is 2.32. The van der Waals surface area contributed by atoms with Crippen LogP contribution in [0.25, 0.3) is 11.2 Å². The molecule has 1 aromatic carbocycles. The lowest BCUT2D eigenvalue weighted by Gasteiger charge is -2.14. The molecule has 3 rings (SSSR count). The number of nitrogens with zero attached hydrogens (tertiary/aromatic N) is 3. The van der Waals surface area contributed by atoms with Gasteiger partial charge in [-0.1, -0.05) is 15.9 Å². The monoisotopic (exact) mass is 373 g/mol. The van der Waals surface area contributed by atoms with E-state index >= 15 is 0 Å². The number of alkyl halides is 3. The summed E-state index contributed by atoms with van der Waals surface area (Å²) in [4.78, 5) is 14.7. The number of fused-ring (bicyclic) bond motifs is 1. The Kier molecular flexibility index (Phi) is 3.61. The van der Waals surface area contributed by atoms with E-state index in [1.54, 1.807) is 6.07 Å². The number of ether oxygens (including phenoxy) is 1. The highest BCUT2D eigenvalue weighted by Crippen LogP contribution is 2.35. The predicted octanol–water partition coefficient (Wildman–Crippen LogP) is 3.76. The number of aromatic nitrogens is 4. The standard InChI is InChI=1S/C12H7BrF3N5O/c13-6-1-2-7(8(3-6)22-12(14,15)16)21-11-9-10(18-4-17-9)19-5-20-11/h1-5H,(H2,17,18,19,20,21). The smallest absolute Gasteiger partial charge is 0.404 e. The minimum atomic E-state index is -4.80. The average Bonchev–Trinajstić information content (AvgIpc) is 2.89. The molecule has 0 spiro atoms. The molecule has 0 amide bonds. The maximum atomic E-state index is 12.5. The van der Waals surface area contributed by atoms with Gasteiger partial charge in [0.1, 0.15) is 11.8 Å². The molecule has 0 unspecified atom stereocenters. The lowest BCUT2D eigenvalue weighted by Crippen LogP contribution is -2.18. The summed E-state index contributed by atoms with van der Waals surface area (Å²) in [5, 5.41) is 2.78. The first-order chi connectivity index (χ1) is 10.4. The molecule has 0 bridgehead atoms. The molecule has 2 N–H and O–H groups in total. The van der Waals surface area contributed by atoms with Crippen LogP contribution in [0.4, 0.5) is 24.7 Å². The van der Waals surface area contributed by atoms with Gasteiger partial charge in [-0.25, -0.2) is 15.0 Å². The number of nitrogens with one attached hydrogen (secondary N) is 2. The van der Waals surface area contributed by atoms with E-state index in [0.717, 1.165) is 0 Å². The lowest BCUT2D eigenvalue weighted by molar-refractivity contribution is -0.274. The van der Waals surface area contributed by atoms with Gasteiger partial charge in [0.15, 0.2) is 17.2 Å². The van der Waals surface area contributed by atoms with Gasteiger partial charge in [0.2, 0.25) is 0 Å². The zero-order chi connectivity index (χ0) is 15.7. The fraction of sp³-hybridized carbons (Fsp3) is 0.0833. The van der Waals surface area contributed by atoms with Gasteiger partial charge in [0.05, 0.1) is 12.0 Å². The van der Waals surface area contributed by atoms with Crippen LogP contribution >= 0.6 is 15.9 Å². The van der Waals surface area contributed by atoms with Crippen molar-refractivity contribution in [2.24, 2.45) is 0 Å². The quantitative estimate of drug-likeness (QED) is 0.730. The van der Waals surface area contributed by atoms with Gasteiger partial charge in [-0.3, -0.25) is 0 Å². The van der Waals surface area contributed by atoms with Crippen molar-refractivity contribution >= 4 is 38.6 Å². The molecular formula is C12H7BrF3N5O. The highest BCUT2D eigenvalue weighted by atomic mass is 79.9. The number of halogens is 4. The van der Waals surface area contributed by atoms with Crippen molar-refractivity contribution in [1.82, 2.24) is 19.9 Å². The van der Waals surface area contributed by atoms with Crippen molar-refractivity contribution < 1.29 is 17.9 Å². The number of imidazole rings is 1. The first kappa shape index (κ1) is 14.6. The van der Waals surface area contributed by atoms with Gasteiger partial charge < -0.3 is 15.0 Å². The maximum absolute atomic E-state index is 12.5. The van der Waals surface area contributed by atoms with Crippen LogP contribution in [0.2, 0.25) is 0 Å². The van der Waals surface area contributed by atoms with E-state index in [1.165, 1.54) is 24.8 Å². The van der Waals surface area contributed by atoms with Crippen LogP contribution in [0, 0.1) is 0 Å². The second-order valence-corrected chi connectivity index (χ2v) is 5.05. The molecule has 10 heteroatoms. The van der Waals surface area contributed by atoms with Crippen LogP contribution in [0.5, 0.6) is 5.75 Å². The Balaban J connectivity index is 2.00. The van der Waals surface area contributed by atoms with Crippen molar-refractivity contribution in [1.29, 1.82) is 0 Å². The Labute approximate surface area is 129 Å².